The van der Waals surface area contributed by atoms with Crippen LogP contribution in [0.3, 0.4) is 0 Å². The maximum Gasteiger partial charge on any atom is 0.255 e. The van der Waals surface area contributed by atoms with Crippen molar-refractivity contribution in [2.24, 2.45) is 5.92 Å². The first-order valence-corrected chi connectivity index (χ1v) is 5.99. The summed E-state index contributed by atoms with van der Waals surface area (Å²) in [5.41, 5.74) is 5.24. The number of carbonyl (C=O) groups excluding carboxylic acids is 2. The Bertz CT molecular complexity index is 535. The van der Waals surface area contributed by atoms with E-state index < -0.39 is 23.5 Å². The molecule has 1 atom stereocenters. The third-order valence-corrected chi connectivity index (χ3v) is 2.91. The molecule has 0 radical (unpaired) electrons. The van der Waals surface area contributed by atoms with Gasteiger partial charge in [-0.05, 0) is 6.07 Å². The summed E-state index contributed by atoms with van der Waals surface area (Å²) < 4.78 is 26.1. The Balaban J connectivity index is 2.90. The van der Waals surface area contributed by atoms with E-state index in [0.29, 0.717) is 0 Å². The third kappa shape index (κ3) is 3.43. The Kier molecular flexibility index (Phi) is 5.01. The fourth-order valence-electron chi connectivity index (χ4n) is 1.78. The van der Waals surface area contributed by atoms with Crippen molar-refractivity contribution in [1.29, 1.82) is 0 Å². The van der Waals surface area contributed by atoms with Crippen molar-refractivity contribution in [2.75, 3.05) is 26.4 Å². The number of nitrogens with one attached hydrogen (secondary N) is 1. The average Bonchev–Trinajstić information content (AvgIpc) is 2.40. The summed E-state index contributed by atoms with van der Waals surface area (Å²) in [5.74, 6) is -3.48. The molecule has 0 saturated carbocycles. The van der Waals surface area contributed by atoms with E-state index in [1.54, 1.807) is 6.92 Å². The molecule has 0 heterocycles. The Hall–Kier alpha value is -2.18. The first-order chi connectivity index (χ1) is 9.27. The van der Waals surface area contributed by atoms with Gasteiger partial charge in [0.2, 0.25) is 5.91 Å². The molecule has 0 aliphatic rings. The van der Waals surface area contributed by atoms with E-state index in [2.05, 4.69) is 5.32 Å². The fraction of sp³-hybridized carbons (Fsp3) is 0.385. The van der Waals surface area contributed by atoms with Gasteiger partial charge >= 0.3 is 0 Å². The molecule has 7 heteroatoms. The van der Waals surface area contributed by atoms with Gasteiger partial charge in [-0.15, -0.1) is 0 Å². The van der Waals surface area contributed by atoms with Crippen molar-refractivity contribution in [2.45, 2.75) is 6.92 Å². The van der Waals surface area contributed by atoms with Crippen LogP contribution in [0.1, 0.15) is 17.3 Å². The molecule has 2 amide bonds. The van der Waals surface area contributed by atoms with Gasteiger partial charge in [0, 0.05) is 32.4 Å². The van der Waals surface area contributed by atoms with E-state index in [1.165, 1.54) is 19.0 Å². The highest BCUT2D eigenvalue weighted by Crippen LogP contribution is 2.19. The van der Waals surface area contributed by atoms with Crippen LogP contribution in [0.2, 0.25) is 0 Å². The lowest BCUT2D eigenvalue weighted by Crippen LogP contribution is -2.37. The maximum absolute atomic E-state index is 13.2. The highest BCUT2D eigenvalue weighted by molar-refractivity contribution is 5.99. The number of nitrogen functional groups attached to an aromatic ring is 1. The quantitative estimate of drug-likeness (QED) is 0.810. The van der Waals surface area contributed by atoms with Gasteiger partial charge in [-0.25, -0.2) is 8.78 Å². The van der Waals surface area contributed by atoms with Crippen molar-refractivity contribution in [3.8, 4) is 0 Å². The molecule has 0 aromatic heterocycles. The molecule has 0 aliphatic carbocycles. The van der Waals surface area contributed by atoms with E-state index in [-0.39, 0.29) is 23.7 Å². The van der Waals surface area contributed by atoms with Crippen LogP contribution in [0.15, 0.2) is 12.1 Å². The molecule has 0 fully saturated rings. The zero-order chi connectivity index (χ0) is 15.4. The number of halogens is 2. The zero-order valence-electron chi connectivity index (χ0n) is 11.5. The number of carbonyl (C=O) groups is 2. The van der Waals surface area contributed by atoms with E-state index >= 15 is 0 Å². The van der Waals surface area contributed by atoms with Crippen molar-refractivity contribution in [1.82, 2.24) is 10.2 Å². The SMILES string of the molecule is CNC(=O)C(C)CN(C)C(=O)c1cc(F)c(F)cc1N. The molecule has 0 spiro atoms. The number of anilines is 1. The Morgan fingerprint density at radius 2 is 1.90 bits per heavy atom. The van der Waals surface area contributed by atoms with E-state index in [0.717, 1.165) is 12.1 Å². The van der Waals surface area contributed by atoms with Crippen molar-refractivity contribution < 1.29 is 18.4 Å². The smallest absolute Gasteiger partial charge is 0.255 e. The Morgan fingerprint density at radius 3 is 2.45 bits per heavy atom. The largest absolute Gasteiger partial charge is 0.398 e. The Morgan fingerprint density at radius 1 is 1.35 bits per heavy atom. The minimum absolute atomic E-state index is 0.129. The molecule has 5 nitrogen and oxygen atoms in total. The summed E-state index contributed by atoms with van der Waals surface area (Å²) in [6, 6.07) is 1.52. The molecule has 1 unspecified atom stereocenters. The molecule has 1 rings (SSSR count). The number of hydrogen-bond donors (Lipinski definition) is 2. The minimum Gasteiger partial charge on any atom is -0.398 e. The van der Waals surface area contributed by atoms with Gasteiger partial charge in [0.05, 0.1) is 11.5 Å². The molecular formula is C13H17F2N3O2. The lowest BCUT2D eigenvalue weighted by atomic mass is 10.1. The predicted molar refractivity (Wildman–Crippen MR) is 71.0 cm³/mol. The second kappa shape index (κ2) is 6.31. The zero-order valence-corrected chi connectivity index (χ0v) is 11.5. The number of benzene rings is 1. The summed E-state index contributed by atoms with van der Waals surface area (Å²) in [5, 5.41) is 2.47. The van der Waals surface area contributed by atoms with Crippen LogP contribution < -0.4 is 11.1 Å². The summed E-state index contributed by atoms with van der Waals surface area (Å²) in [6.45, 7) is 1.79. The Labute approximate surface area is 115 Å². The van der Waals surface area contributed by atoms with Gasteiger partial charge in [0.25, 0.3) is 5.91 Å². The minimum atomic E-state index is -1.14. The van der Waals surface area contributed by atoms with E-state index in [9.17, 15) is 18.4 Å². The molecule has 1 aromatic rings. The van der Waals surface area contributed by atoms with E-state index in [4.69, 9.17) is 5.73 Å². The second-order valence-corrected chi connectivity index (χ2v) is 4.55. The number of nitrogens with two attached hydrogens (primary N) is 1. The summed E-state index contributed by atoms with van der Waals surface area (Å²) in [7, 11) is 2.95. The van der Waals surface area contributed by atoms with Gasteiger partial charge < -0.3 is 16.0 Å². The van der Waals surface area contributed by atoms with Crippen molar-refractivity contribution in [3.63, 3.8) is 0 Å². The molecular weight excluding hydrogens is 268 g/mol. The van der Waals surface area contributed by atoms with Crippen molar-refractivity contribution >= 4 is 17.5 Å². The average molecular weight is 285 g/mol. The molecule has 0 aliphatic heterocycles. The second-order valence-electron chi connectivity index (χ2n) is 4.55. The van der Waals surface area contributed by atoms with Gasteiger partial charge in [-0.3, -0.25) is 9.59 Å². The maximum atomic E-state index is 13.2. The normalized spacial score (nSPS) is 11.8. The molecule has 110 valence electrons. The van der Waals surface area contributed by atoms with Crippen LogP contribution in [0.4, 0.5) is 14.5 Å². The number of hydrogen-bond acceptors (Lipinski definition) is 3. The summed E-state index contributed by atoms with van der Waals surface area (Å²) in [4.78, 5) is 24.7. The predicted octanol–water partition coefficient (Wildman–Crippen LogP) is 1.00. The summed E-state index contributed by atoms with van der Waals surface area (Å²) >= 11 is 0. The first-order valence-electron chi connectivity index (χ1n) is 5.99. The number of nitrogens with zero attached hydrogens (tertiary/aromatic N) is 1. The van der Waals surface area contributed by atoms with Crippen molar-refractivity contribution in [3.05, 3.63) is 29.3 Å². The van der Waals surface area contributed by atoms with E-state index in [1.807, 2.05) is 0 Å². The third-order valence-electron chi connectivity index (χ3n) is 2.91. The standard InChI is InChI=1S/C13H17F2N3O2/c1-7(12(19)17-2)6-18(3)13(20)8-4-9(14)10(15)5-11(8)16/h4-5,7H,6,16H2,1-3H3,(H,17,19). The fourth-order valence-corrected chi connectivity index (χ4v) is 1.78. The molecule has 0 bridgehead atoms. The molecule has 20 heavy (non-hydrogen) atoms. The molecule has 0 saturated heterocycles. The van der Waals surface area contributed by atoms with Gasteiger partial charge in [0.15, 0.2) is 11.6 Å². The number of rotatable bonds is 4. The highest BCUT2D eigenvalue weighted by Gasteiger charge is 2.21. The highest BCUT2D eigenvalue weighted by atomic mass is 19.2. The first kappa shape index (κ1) is 15.9. The molecule has 3 N–H and O–H groups in total. The molecule has 1 aromatic carbocycles. The number of amides is 2. The van der Waals surface area contributed by atoms with Crippen LogP contribution in [0.25, 0.3) is 0 Å². The lowest BCUT2D eigenvalue weighted by Gasteiger charge is -2.21. The van der Waals surface area contributed by atoms with Crippen LogP contribution in [0, 0.1) is 17.6 Å². The topological polar surface area (TPSA) is 75.4 Å². The van der Waals surface area contributed by atoms with Crippen LogP contribution in [0.5, 0.6) is 0 Å². The van der Waals surface area contributed by atoms with Crippen LogP contribution >= 0.6 is 0 Å². The lowest BCUT2D eigenvalue weighted by molar-refractivity contribution is -0.124. The van der Waals surface area contributed by atoms with Gasteiger partial charge in [-0.2, -0.15) is 0 Å². The van der Waals surface area contributed by atoms with Gasteiger partial charge in [-0.1, -0.05) is 6.92 Å². The summed E-state index contributed by atoms with van der Waals surface area (Å²) in [6.07, 6.45) is 0. The van der Waals surface area contributed by atoms with Crippen LogP contribution in [-0.4, -0.2) is 37.4 Å². The monoisotopic (exact) mass is 285 g/mol. The van der Waals surface area contributed by atoms with Gasteiger partial charge in [0.1, 0.15) is 0 Å². The van der Waals surface area contributed by atoms with Crippen LogP contribution in [-0.2, 0) is 4.79 Å².